The first-order valence-electron chi connectivity index (χ1n) is 6.46. The van der Waals surface area contributed by atoms with Gasteiger partial charge in [-0.3, -0.25) is 4.79 Å². The molecule has 0 bridgehead atoms. The van der Waals surface area contributed by atoms with Crippen LogP contribution in [0.1, 0.15) is 33.6 Å². The zero-order valence-electron chi connectivity index (χ0n) is 11.1. The van der Waals surface area contributed by atoms with Crippen molar-refractivity contribution in [1.82, 2.24) is 0 Å². The van der Waals surface area contributed by atoms with Crippen molar-refractivity contribution in [2.45, 2.75) is 25.5 Å². The van der Waals surface area contributed by atoms with E-state index in [4.69, 9.17) is 0 Å². The molecule has 0 aliphatic rings. The quantitative estimate of drug-likeness (QED) is 0.530. The molecule has 1 nitrogen and oxygen atoms in total. The Morgan fingerprint density at radius 3 is 2.89 bits per heavy atom. The highest BCUT2D eigenvalue weighted by Gasteiger charge is 2.05. The monoisotopic (exact) mass is 290 g/mol. The molecule has 2 aromatic rings. The van der Waals surface area contributed by atoms with Gasteiger partial charge in [-0.05, 0) is 36.1 Å². The summed E-state index contributed by atoms with van der Waals surface area (Å²) in [6, 6.07) is 12.5. The first kappa shape index (κ1) is 14.4. The zero-order chi connectivity index (χ0) is 13.5. The second kappa shape index (κ2) is 7.51. The van der Waals surface area contributed by atoms with Crippen LogP contribution in [0.2, 0.25) is 0 Å². The number of thioether (sulfide) groups is 1. The minimum absolute atomic E-state index is 0.283. The average Bonchev–Trinajstić information content (AvgIpc) is 2.92. The minimum Gasteiger partial charge on any atom is -0.293 e. The normalized spacial score (nSPS) is 10.6. The molecule has 0 saturated heterocycles. The molecule has 0 unspecified atom stereocenters. The molecule has 0 spiro atoms. The SMILES string of the molecule is Cc1cccc(CSCCCC(=O)c2cccs2)c1. The maximum Gasteiger partial charge on any atom is 0.172 e. The number of carbonyl (C=O) groups is 1. The van der Waals surface area contributed by atoms with Gasteiger partial charge in [0.15, 0.2) is 5.78 Å². The Hall–Kier alpha value is -1.06. The van der Waals surface area contributed by atoms with Crippen molar-refractivity contribution in [2.24, 2.45) is 0 Å². The van der Waals surface area contributed by atoms with Crippen LogP contribution in [-0.4, -0.2) is 11.5 Å². The summed E-state index contributed by atoms with van der Waals surface area (Å²) in [5, 5.41) is 1.96. The van der Waals surface area contributed by atoms with Gasteiger partial charge in [-0.1, -0.05) is 35.9 Å². The van der Waals surface area contributed by atoms with Crippen LogP contribution in [0, 0.1) is 6.92 Å². The van der Waals surface area contributed by atoms with Crippen LogP contribution in [-0.2, 0) is 5.75 Å². The van der Waals surface area contributed by atoms with E-state index in [1.54, 1.807) is 0 Å². The fraction of sp³-hybridized carbons (Fsp3) is 0.312. The van der Waals surface area contributed by atoms with Gasteiger partial charge >= 0.3 is 0 Å². The second-order valence-corrected chi connectivity index (χ2v) is 6.60. The van der Waals surface area contributed by atoms with Gasteiger partial charge in [0, 0.05) is 12.2 Å². The van der Waals surface area contributed by atoms with Crippen LogP contribution < -0.4 is 0 Å². The van der Waals surface area contributed by atoms with Crippen LogP contribution in [0.15, 0.2) is 41.8 Å². The topological polar surface area (TPSA) is 17.1 Å². The van der Waals surface area contributed by atoms with E-state index in [-0.39, 0.29) is 5.78 Å². The van der Waals surface area contributed by atoms with Crippen molar-refractivity contribution in [3.63, 3.8) is 0 Å². The Balaban J connectivity index is 1.64. The summed E-state index contributed by atoms with van der Waals surface area (Å²) in [7, 11) is 0. The van der Waals surface area contributed by atoms with Crippen molar-refractivity contribution in [3.05, 3.63) is 57.8 Å². The summed E-state index contributed by atoms with van der Waals surface area (Å²) >= 11 is 3.44. The summed E-state index contributed by atoms with van der Waals surface area (Å²) in [5.74, 6) is 2.37. The van der Waals surface area contributed by atoms with E-state index < -0.39 is 0 Å². The molecule has 0 N–H and O–H groups in total. The number of thiophene rings is 1. The van der Waals surface area contributed by atoms with Crippen LogP contribution >= 0.6 is 23.1 Å². The average molecular weight is 290 g/mol. The van der Waals surface area contributed by atoms with Crippen LogP contribution in [0.5, 0.6) is 0 Å². The Morgan fingerprint density at radius 1 is 1.26 bits per heavy atom. The second-order valence-electron chi connectivity index (χ2n) is 4.55. The molecule has 0 aliphatic heterocycles. The summed E-state index contributed by atoms with van der Waals surface area (Å²) in [4.78, 5) is 12.7. The third-order valence-electron chi connectivity index (χ3n) is 2.84. The Bertz CT molecular complexity index is 517. The molecular weight excluding hydrogens is 272 g/mol. The summed E-state index contributed by atoms with van der Waals surface area (Å²) in [6.45, 7) is 2.12. The van der Waals surface area contributed by atoms with Gasteiger partial charge in [-0.15, -0.1) is 11.3 Å². The molecule has 0 fully saturated rings. The molecule has 0 aliphatic carbocycles. The van der Waals surface area contributed by atoms with E-state index in [0.717, 1.165) is 22.8 Å². The van der Waals surface area contributed by atoms with Crippen LogP contribution in [0.3, 0.4) is 0 Å². The predicted molar refractivity (Wildman–Crippen MR) is 85.2 cm³/mol. The lowest BCUT2D eigenvalue weighted by molar-refractivity contribution is 0.0986. The predicted octanol–water partition coefficient (Wildman–Crippen LogP) is 4.95. The highest BCUT2D eigenvalue weighted by molar-refractivity contribution is 7.98. The maximum atomic E-state index is 11.8. The first-order valence-corrected chi connectivity index (χ1v) is 8.49. The third-order valence-corrected chi connectivity index (χ3v) is 4.87. The lowest BCUT2D eigenvalue weighted by Gasteiger charge is -2.03. The Kier molecular flexibility index (Phi) is 5.67. The van der Waals surface area contributed by atoms with Gasteiger partial charge in [0.05, 0.1) is 4.88 Å². The molecule has 0 saturated carbocycles. The lowest BCUT2D eigenvalue weighted by Crippen LogP contribution is -1.96. The van der Waals surface area contributed by atoms with Gasteiger partial charge < -0.3 is 0 Å². The van der Waals surface area contributed by atoms with Crippen molar-refractivity contribution in [1.29, 1.82) is 0 Å². The fourth-order valence-electron chi connectivity index (χ4n) is 1.89. The molecule has 100 valence electrons. The standard InChI is InChI=1S/C16H18OS2/c1-13-5-2-6-14(11-13)12-18-9-3-7-15(17)16-8-4-10-19-16/h2,4-6,8,10-11H,3,7,9,12H2,1H3. The van der Waals surface area contributed by atoms with Crippen molar-refractivity contribution in [2.75, 3.05) is 5.75 Å². The van der Waals surface area contributed by atoms with Gasteiger partial charge in [-0.2, -0.15) is 11.8 Å². The molecule has 0 atom stereocenters. The highest BCUT2D eigenvalue weighted by atomic mass is 32.2. The summed E-state index contributed by atoms with van der Waals surface area (Å²) in [5.41, 5.74) is 2.68. The van der Waals surface area contributed by atoms with E-state index in [1.807, 2.05) is 29.3 Å². The van der Waals surface area contributed by atoms with Crippen molar-refractivity contribution < 1.29 is 4.79 Å². The fourth-order valence-corrected chi connectivity index (χ4v) is 3.49. The number of benzene rings is 1. The number of rotatable bonds is 7. The number of carbonyl (C=O) groups excluding carboxylic acids is 1. The summed E-state index contributed by atoms with van der Waals surface area (Å²) < 4.78 is 0. The Morgan fingerprint density at radius 2 is 2.16 bits per heavy atom. The van der Waals surface area contributed by atoms with E-state index in [0.29, 0.717) is 6.42 Å². The minimum atomic E-state index is 0.283. The van der Waals surface area contributed by atoms with Crippen molar-refractivity contribution >= 4 is 28.9 Å². The molecule has 2 rings (SSSR count). The third kappa shape index (κ3) is 4.84. The van der Waals surface area contributed by atoms with Gasteiger partial charge in [0.2, 0.25) is 0 Å². The number of hydrogen-bond acceptors (Lipinski definition) is 3. The number of ketones is 1. The van der Waals surface area contributed by atoms with Gasteiger partial charge in [0.1, 0.15) is 0 Å². The Labute approximate surface area is 123 Å². The molecule has 0 radical (unpaired) electrons. The van der Waals surface area contributed by atoms with E-state index in [9.17, 15) is 4.79 Å². The van der Waals surface area contributed by atoms with Crippen LogP contribution in [0.4, 0.5) is 0 Å². The van der Waals surface area contributed by atoms with E-state index in [2.05, 4.69) is 31.2 Å². The highest BCUT2D eigenvalue weighted by Crippen LogP contribution is 2.17. The molecule has 1 heterocycles. The smallest absolute Gasteiger partial charge is 0.172 e. The largest absolute Gasteiger partial charge is 0.293 e. The lowest BCUT2D eigenvalue weighted by atomic mass is 10.2. The molecule has 1 aromatic heterocycles. The number of hydrogen-bond donors (Lipinski definition) is 0. The van der Waals surface area contributed by atoms with Crippen molar-refractivity contribution in [3.8, 4) is 0 Å². The number of Topliss-reactive ketones (excluding diaryl/α,β-unsaturated/α-hetero) is 1. The van der Waals surface area contributed by atoms with E-state index in [1.165, 1.54) is 22.5 Å². The first-order chi connectivity index (χ1) is 9.25. The van der Waals surface area contributed by atoms with Gasteiger partial charge in [-0.25, -0.2) is 0 Å². The molecule has 0 amide bonds. The van der Waals surface area contributed by atoms with Crippen LogP contribution in [0.25, 0.3) is 0 Å². The molecular formula is C16H18OS2. The molecule has 1 aromatic carbocycles. The summed E-state index contributed by atoms with van der Waals surface area (Å²) in [6.07, 6.45) is 1.63. The van der Waals surface area contributed by atoms with E-state index >= 15 is 0 Å². The zero-order valence-corrected chi connectivity index (χ0v) is 12.7. The maximum absolute atomic E-state index is 11.8. The number of aryl methyl sites for hydroxylation is 1. The molecule has 3 heteroatoms. The van der Waals surface area contributed by atoms with Gasteiger partial charge in [0.25, 0.3) is 0 Å². The molecule has 19 heavy (non-hydrogen) atoms.